The lowest BCUT2D eigenvalue weighted by atomic mass is 10.1. The molecule has 4 rings (SSSR count). The minimum atomic E-state index is -0.197. The number of amides is 1. The van der Waals surface area contributed by atoms with E-state index in [0.29, 0.717) is 24.5 Å². The second kappa shape index (κ2) is 6.77. The van der Waals surface area contributed by atoms with Crippen LogP contribution in [0.25, 0.3) is 0 Å². The molecule has 1 aliphatic rings. The number of benzene rings is 2. The summed E-state index contributed by atoms with van der Waals surface area (Å²) in [6, 6.07) is 23.4. The van der Waals surface area contributed by atoms with E-state index < -0.39 is 0 Å². The number of aromatic nitrogens is 1. The Morgan fingerprint density at radius 3 is 2.48 bits per heavy atom. The Morgan fingerprint density at radius 2 is 1.72 bits per heavy atom. The molecule has 4 heteroatoms. The summed E-state index contributed by atoms with van der Waals surface area (Å²) in [6.07, 6.45) is 1.84. The van der Waals surface area contributed by atoms with Crippen LogP contribution in [0.1, 0.15) is 17.2 Å². The van der Waals surface area contributed by atoms with Crippen molar-refractivity contribution in [2.24, 2.45) is 0 Å². The molecule has 124 valence electrons. The van der Waals surface area contributed by atoms with Gasteiger partial charge in [0.2, 0.25) is 5.91 Å². The maximum atomic E-state index is 12.9. The van der Waals surface area contributed by atoms with E-state index in [1.165, 1.54) is 0 Å². The van der Waals surface area contributed by atoms with Gasteiger partial charge in [0.25, 0.3) is 0 Å². The van der Waals surface area contributed by atoms with E-state index in [1.807, 2.05) is 72.8 Å². The highest BCUT2D eigenvalue weighted by molar-refractivity contribution is 5.95. The lowest BCUT2D eigenvalue weighted by molar-refractivity contribution is -0.118. The van der Waals surface area contributed by atoms with E-state index in [9.17, 15) is 4.79 Å². The first-order chi connectivity index (χ1) is 12.3. The second-order valence-electron chi connectivity index (χ2n) is 6.01. The molecule has 1 unspecified atom stereocenters. The van der Waals surface area contributed by atoms with Gasteiger partial charge in [-0.25, -0.2) is 4.98 Å². The molecule has 2 aromatic carbocycles. The van der Waals surface area contributed by atoms with Crippen LogP contribution in [-0.2, 0) is 11.2 Å². The molecule has 1 aromatic heterocycles. The highest BCUT2D eigenvalue weighted by Gasteiger charge is 2.31. The van der Waals surface area contributed by atoms with Crippen LogP contribution in [0.15, 0.2) is 79.0 Å². The lowest BCUT2D eigenvalue weighted by Crippen LogP contribution is -2.41. The summed E-state index contributed by atoms with van der Waals surface area (Å²) >= 11 is 0. The summed E-state index contributed by atoms with van der Waals surface area (Å²) in [5.41, 5.74) is 2.04. The molecular formula is C21H18N2O2. The predicted octanol–water partition coefficient (Wildman–Crippen LogP) is 3.79. The standard InChI is InChI=1S/C21H18N2O2/c24-20(14-16-8-3-1-4-9-16)23-15-19(17-10-5-2-6-11-17)25-18-12-7-13-22-21(18)23/h1-13,19H,14-15H2. The molecule has 0 aliphatic carbocycles. The van der Waals surface area contributed by atoms with Gasteiger partial charge in [-0.2, -0.15) is 0 Å². The van der Waals surface area contributed by atoms with Crippen LogP contribution in [0.5, 0.6) is 5.75 Å². The largest absolute Gasteiger partial charge is 0.480 e. The van der Waals surface area contributed by atoms with Crippen LogP contribution >= 0.6 is 0 Å². The smallest absolute Gasteiger partial charge is 0.232 e. The summed E-state index contributed by atoms with van der Waals surface area (Å²) in [5, 5.41) is 0. The van der Waals surface area contributed by atoms with Gasteiger partial charge in [-0.3, -0.25) is 9.69 Å². The van der Waals surface area contributed by atoms with Crippen LogP contribution in [-0.4, -0.2) is 17.4 Å². The molecule has 0 saturated carbocycles. The zero-order chi connectivity index (χ0) is 17.1. The summed E-state index contributed by atoms with van der Waals surface area (Å²) in [5.74, 6) is 1.26. The molecular weight excluding hydrogens is 312 g/mol. The lowest BCUT2D eigenvalue weighted by Gasteiger charge is -2.34. The fourth-order valence-corrected chi connectivity index (χ4v) is 3.05. The number of anilines is 1. The summed E-state index contributed by atoms with van der Waals surface area (Å²) < 4.78 is 6.09. The second-order valence-corrected chi connectivity index (χ2v) is 6.01. The van der Waals surface area contributed by atoms with Gasteiger partial charge in [0.05, 0.1) is 13.0 Å². The third kappa shape index (κ3) is 3.24. The van der Waals surface area contributed by atoms with Gasteiger partial charge in [0.1, 0.15) is 6.10 Å². The molecule has 1 atom stereocenters. The maximum Gasteiger partial charge on any atom is 0.232 e. The number of hydrogen-bond acceptors (Lipinski definition) is 3. The number of nitrogens with zero attached hydrogens (tertiary/aromatic N) is 2. The van der Waals surface area contributed by atoms with Gasteiger partial charge in [-0.15, -0.1) is 0 Å². The van der Waals surface area contributed by atoms with Crippen molar-refractivity contribution in [2.45, 2.75) is 12.5 Å². The highest BCUT2D eigenvalue weighted by atomic mass is 16.5. The average molecular weight is 330 g/mol. The van der Waals surface area contributed by atoms with Crippen molar-refractivity contribution < 1.29 is 9.53 Å². The van der Waals surface area contributed by atoms with Gasteiger partial charge in [0.15, 0.2) is 11.6 Å². The van der Waals surface area contributed by atoms with Crippen molar-refractivity contribution >= 4 is 11.7 Å². The minimum Gasteiger partial charge on any atom is -0.480 e. The number of carbonyl (C=O) groups is 1. The third-order valence-corrected chi connectivity index (χ3v) is 4.29. The van der Waals surface area contributed by atoms with E-state index in [0.717, 1.165) is 11.1 Å². The Labute approximate surface area is 146 Å². The van der Waals surface area contributed by atoms with Crippen molar-refractivity contribution in [1.29, 1.82) is 0 Å². The van der Waals surface area contributed by atoms with Crippen LogP contribution in [0, 0.1) is 0 Å². The van der Waals surface area contributed by atoms with E-state index >= 15 is 0 Å². The SMILES string of the molecule is O=C(Cc1ccccc1)N1CC(c2ccccc2)Oc2cccnc21. The molecule has 0 bridgehead atoms. The Hall–Kier alpha value is -3.14. The molecule has 25 heavy (non-hydrogen) atoms. The number of pyridine rings is 1. The van der Waals surface area contributed by atoms with Crippen molar-refractivity contribution in [1.82, 2.24) is 4.98 Å². The van der Waals surface area contributed by atoms with E-state index in [4.69, 9.17) is 4.74 Å². The number of carbonyl (C=O) groups excluding carboxylic acids is 1. The van der Waals surface area contributed by atoms with E-state index in [1.54, 1.807) is 11.1 Å². The molecule has 0 radical (unpaired) electrons. The molecule has 0 spiro atoms. The summed E-state index contributed by atoms with van der Waals surface area (Å²) in [4.78, 5) is 19.0. The number of rotatable bonds is 3. The van der Waals surface area contributed by atoms with Crippen molar-refractivity contribution in [3.63, 3.8) is 0 Å². The summed E-state index contributed by atoms with van der Waals surface area (Å²) in [7, 11) is 0. The van der Waals surface area contributed by atoms with Crippen LogP contribution in [0.2, 0.25) is 0 Å². The molecule has 0 fully saturated rings. The first-order valence-corrected chi connectivity index (χ1v) is 8.32. The van der Waals surface area contributed by atoms with E-state index in [2.05, 4.69) is 4.98 Å². The number of hydrogen-bond donors (Lipinski definition) is 0. The molecule has 0 saturated heterocycles. The zero-order valence-corrected chi connectivity index (χ0v) is 13.7. The Balaban J connectivity index is 1.64. The Bertz CT molecular complexity index is 865. The number of fused-ring (bicyclic) bond motifs is 1. The van der Waals surface area contributed by atoms with Gasteiger partial charge < -0.3 is 4.74 Å². The highest BCUT2D eigenvalue weighted by Crippen LogP contribution is 2.36. The van der Waals surface area contributed by atoms with E-state index in [-0.39, 0.29) is 12.0 Å². The van der Waals surface area contributed by atoms with Gasteiger partial charge >= 0.3 is 0 Å². The van der Waals surface area contributed by atoms with Crippen LogP contribution < -0.4 is 9.64 Å². The summed E-state index contributed by atoms with van der Waals surface area (Å²) in [6.45, 7) is 0.458. The molecule has 4 nitrogen and oxygen atoms in total. The van der Waals surface area contributed by atoms with Gasteiger partial charge in [0, 0.05) is 6.20 Å². The zero-order valence-electron chi connectivity index (χ0n) is 13.7. The quantitative estimate of drug-likeness (QED) is 0.734. The van der Waals surface area contributed by atoms with Crippen molar-refractivity contribution in [2.75, 3.05) is 11.4 Å². The number of ether oxygens (including phenoxy) is 1. The first kappa shape index (κ1) is 15.4. The van der Waals surface area contributed by atoms with Gasteiger partial charge in [-0.1, -0.05) is 60.7 Å². The fraction of sp³-hybridized carbons (Fsp3) is 0.143. The third-order valence-electron chi connectivity index (χ3n) is 4.29. The molecule has 2 heterocycles. The normalized spacial score (nSPS) is 16.0. The molecule has 0 N–H and O–H groups in total. The maximum absolute atomic E-state index is 12.9. The predicted molar refractivity (Wildman–Crippen MR) is 96.5 cm³/mol. The van der Waals surface area contributed by atoms with Crippen molar-refractivity contribution in [3.8, 4) is 5.75 Å². The Kier molecular flexibility index (Phi) is 4.17. The topological polar surface area (TPSA) is 42.4 Å². The van der Waals surface area contributed by atoms with Crippen molar-refractivity contribution in [3.05, 3.63) is 90.1 Å². The molecule has 1 aliphatic heterocycles. The average Bonchev–Trinajstić information content (AvgIpc) is 2.68. The monoisotopic (exact) mass is 330 g/mol. The van der Waals surface area contributed by atoms with Crippen LogP contribution in [0.3, 0.4) is 0 Å². The first-order valence-electron chi connectivity index (χ1n) is 8.32. The fourth-order valence-electron chi connectivity index (χ4n) is 3.05. The van der Waals surface area contributed by atoms with Gasteiger partial charge in [-0.05, 0) is 23.3 Å². The molecule has 1 amide bonds. The Morgan fingerprint density at radius 1 is 1.00 bits per heavy atom. The molecule has 3 aromatic rings. The van der Waals surface area contributed by atoms with Crippen LogP contribution in [0.4, 0.5) is 5.82 Å². The minimum absolute atomic E-state index is 0.0235.